The SMILES string of the molecule is Nc1nc2c(s1)C(c1c(F)c(F)cc(F)c1F)CCC2. The lowest BCUT2D eigenvalue weighted by Gasteiger charge is -2.22. The number of nitrogen functional groups attached to an aromatic ring is 1. The van der Waals surface area contributed by atoms with Crippen LogP contribution >= 0.6 is 11.3 Å². The van der Waals surface area contributed by atoms with E-state index >= 15 is 0 Å². The van der Waals surface area contributed by atoms with Crippen LogP contribution in [0.2, 0.25) is 0 Å². The molecule has 1 atom stereocenters. The van der Waals surface area contributed by atoms with Gasteiger partial charge < -0.3 is 5.73 Å². The van der Waals surface area contributed by atoms with Crippen molar-refractivity contribution in [2.45, 2.75) is 25.2 Å². The predicted molar refractivity (Wildman–Crippen MR) is 67.6 cm³/mol. The van der Waals surface area contributed by atoms with Crippen LogP contribution in [0, 0.1) is 23.3 Å². The number of aryl methyl sites for hydroxylation is 1. The summed E-state index contributed by atoms with van der Waals surface area (Å²) in [5.74, 6) is -6.19. The molecule has 3 rings (SSSR count). The fourth-order valence-corrected chi connectivity index (χ4v) is 3.64. The van der Waals surface area contributed by atoms with Crippen LogP contribution in [0.5, 0.6) is 0 Å². The summed E-state index contributed by atoms with van der Waals surface area (Å²) in [7, 11) is 0. The number of hydrogen-bond acceptors (Lipinski definition) is 3. The molecule has 2 N–H and O–H groups in total. The van der Waals surface area contributed by atoms with Crippen LogP contribution in [-0.4, -0.2) is 4.98 Å². The molecule has 0 aliphatic heterocycles. The van der Waals surface area contributed by atoms with Crippen LogP contribution < -0.4 is 5.73 Å². The van der Waals surface area contributed by atoms with Gasteiger partial charge in [0.1, 0.15) is 0 Å². The molecule has 0 saturated carbocycles. The van der Waals surface area contributed by atoms with E-state index < -0.39 is 34.8 Å². The first-order valence-electron chi connectivity index (χ1n) is 6.07. The number of hydrogen-bond donors (Lipinski definition) is 1. The second-order valence-corrected chi connectivity index (χ2v) is 5.75. The van der Waals surface area contributed by atoms with E-state index in [9.17, 15) is 17.6 Å². The predicted octanol–water partition coefficient (Wildman–Crippen LogP) is 3.75. The molecule has 20 heavy (non-hydrogen) atoms. The third-order valence-corrected chi connectivity index (χ3v) is 4.50. The lowest BCUT2D eigenvalue weighted by molar-refractivity contribution is 0.425. The molecular formula is C13H10F4N2S. The van der Waals surface area contributed by atoms with Gasteiger partial charge in [0.15, 0.2) is 28.4 Å². The number of thiazole rings is 1. The second kappa shape index (κ2) is 4.73. The Bertz CT molecular complexity index is 657. The highest BCUT2D eigenvalue weighted by Gasteiger charge is 2.32. The molecule has 1 aliphatic carbocycles. The van der Waals surface area contributed by atoms with Crippen molar-refractivity contribution in [3.05, 3.63) is 45.5 Å². The highest BCUT2D eigenvalue weighted by Crippen LogP contribution is 2.43. The van der Waals surface area contributed by atoms with E-state index in [-0.39, 0.29) is 6.07 Å². The minimum atomic E-state index is -1.39. The number of fused-ring (bicyclic) bond motifs is 1. The van der Waals surface area contributed by atoms with Gasteiger partial charge in [-0.25, -0.2) is 22.5 Å². The Morgan fingerprint density at radius 3 is 2.45 bits per heavy atom. The summed E-state index contributed by atoms with van der Waals surface area (Å²) in [4.78, 5) is 4.69. The standard InChI is InChI=1S/C13H10F4N2S/c14-6-4-7(15)11(17)9(10(6)16)5-2-1-3-8-12(5)20-13(18)19-8/h4-5H,1-3H2,(H2,18,19). The first-order valence-corrected chi connectivity index (χ1v) is 6.88. The van der Waals surface area contributed by atoms with Gasteiger partial charge in [0.25, 0.3) is 0 Å². The Kier molecular flexibility index (Phi) is 3.16. The summed E-state index contributed by atoms with van der Waals surface area (Å²) < 4.78 is 54.5. The van der Waals surface area contributed by atoms with Crippen molar-refractivity contribution in [1.82, 2.24) is 4.98 Å². The minimum absolute atomic E-state index is 0.221. The highest BCUT2D eigenvalue weighted by molar-refractivity contribution is 7.15. The molecule has 1 aromatic heterocycles. The van der Waals surface area contributed by atoms with E-state index in [1.807, 2.05) is 0 Å². The number of halogens is 4. The normalized spacial score (nSPS) is 18.1. The summed E-state index contributed by atoms with van der Waals surface area (Å²) in [5, 5.41) is 0.291. The Morgan fingerprint density at radius 2 is 1.80 bits per heavy atom. The lowest BCUT2D eigenvalue weighted by atomic mass is 9.85. The van der Waals surface area contributed by atoms with Gasteiger partial charge in [0, 0.05) is 22.4 Å². The molecule has 2 nitrogen and oxygen atoms in total. The van der Waals surface area contributed by atoms with E-state index in [4.69, 9.17) is 5.73 Å². The van der Waals surface area contributed by atoms with Crippen LogP contribution in [0.3, 0.4) is 0 Å². The maximum atomic E-state index is 13.9. The van der Waals surface area contributed by atoms with Gasteiger partial charge in [-0.15, -0.1) is 11.3 Å². The molecule has 0 spiro atoms. The summed E-state index contributed by atoms with van der Waals surface area (Å²) in [6, 6.07) is 0.221. The van der Waals surface area contributed by atoms with Gasteiger partial charge in [0.2, 0.25) is 0 Å². The molecule has 0 radical (unpaired) electrons. The Labute approximate surface area is 116 Å². The van der Waals surface area contributed by atoms with Crippen molar-refractivity contribution in [3.63, 3.8) is 0 Å². The third kappa shape index (κ3) is 1.96. The zero-order valence-electron chi connectivity index (χ0n) is 10.2. The fourth-order valence-electron chi connectivity index (χ4n) is 2.61. The largest absolute Gasteiger partial charge is 0.375 e. The zero-order valence-corrected chi connectivity index (χ0v) is 11.0. The monoisotopic (exact) mass is 302 g/mol. The topological polar surface area (TPSA) is 38.9 Å². The molecule has 1 unspecified atom stereocenters. The Hall–Kier alpha value is -1.63. The van der Waals surface area contributed by atoms with Crippen molar-refractivity contribution in [2.24, 2.45) is 0 Å². The smallest absolute Gasteiger partial charge is 0.180 e. The highest BCUT2D eigenvalue weighted by atomic mass is 32.1. The summed E-state index contributed by atoms with van der Waals surface area (Å²) in [6.07, 6.45) is 1.70. The molecule has 7 heteroatoms. The number of anilines is 1. The van der Waals surface area contributed by atoms with E-state index in [0.29, 0.717) is 35.0 Å². The van der Waals surface area contributed by atoms with Crippen molar-refractivity contribution in [2.75, 3.05) is 5.73 Å². The van der Waals surface area contributed by atoms with E-state index in [2.05, 4.69) is 4.98 Å². The molecule has 0 bridgehead atoms. The summed E-state index contributed by atoms with van der Waals surface area (Å²) in [5.41, 5.74) is 5.70. The summed E-state index contributed by atoms with van der Waals surface area (Å²) in [6.45, 7) is 0. The quantitative estimate of drug-likeness (QED) is 0.643. The van der Waals surface area contributed by atoms with Crippen molar-refractivity contribution < 1.29 is 17.6 Å². The van der Waals surface area contributed by atoms with Crippen LogP contribution in [-0.2, 0) is 6.42 Å². The van der Waals surface area contributed by atoms with E-state index in [1.54, 1.807) is 0 Å². The number of nitrogens with two attached hydrogens (primary N) is 1. The fraction of sp³-hybridized carbons (Fsp3) is 0.308. The number of nitrogens with zero attached hydrogens (tertiary/aromatic N) is 1. The minimum Gasteiger partial charge on any atom is -0.375 e. The van der Waals surface area contributed by atoms with E-state index in [1.165, 1.54) is 0 Å². The second-order valence-electron chi connectivity index (χ2n) is 4.69. The average Bonchev–Trinajstić information content (AvgIpc) is 2.78. The lowest BCUT2D eigenvalue weighted by Crippen LogP contribution is -2.14. The van der Waals surface area contributed by atoms with Gasteiger partial charge >= 0.3 is 0 Å². The average molecular weight is 302 g/mol. The van der Waals surface area contributed by atoms with Gasteiger partial charge in [-0.05, 0) is 19.3 Å². The van der Waals surface area contributed by atoms with Crippen LogP contribution in [0.25, 0.3) is 0 Å². The Morgan fingerprint density at radius 1 is 1.15 bits per heavy atom. The van der Waals surface area contributed by atoms with Crippen LogP contribution in [0.1, 0.15) is 34.9 Å². The van der Waals surface area contributed by atoms with Crippen molar-refractivity contribution in [3.8, 4) is 0 Å². The Balaban J connectivity index is 2.20. The maximum absolute atomic E-state index is 13.9. The number of benzene rings is 1. The molecule has 0 saturated heterocycles. The first kappa shape index (κ1) is 13.4. The third-order valence-electron chi connectivity index (χ3n) is 3.46. The van der Waals surface area contributed by atoms with Crippen LogP contribution in [0.15, 0.2) is 6.07 Å². The van der Waals surface area contributed by atoms with E-state index in [0.717, 1.165) is 11.3 Å². The van der Waals surface area contributed by atoms with Crippen molar-refractivity contribution in [1.29, 1.82) is 0 Å². The van der Waals surface area contributed by atoms with Gasteiger partial charge in [-0.1, -0.05) is 0 Å². The molecular weight excluding hydrogens is 292 g/mol. The maximum Gasteiger partial charge on any atom is 0.180 e. The van der Waals surface area contributed by atoms with Crippen molar-refractivity contribution >= 4 is 16.5 Å². The molecule has 0 fully saturated rings. The van der Waals surface area contributed by atoms with Gasteiger partial charge in [-0.2, -0.15) is 0 Å². The van der Waals surface area contributed by atoms with Gasteiger partial charge in [-0.3, -0.25) is 0 Å². The molecule has 1 aliphatic rings. The summed E-state index contributed by atoms with van der Waals surface area (Å²) >= 11 is 1.11. The molecule has 0 amide bonds. The molecule has 106 valence electrons. The molecule has 1 aromatic carbocycles. The van der Waals surface area contributed by atoms with Crippen LogP contribution in [0.4, 0.5) is 22.7 Å². The van der Waals surface area contributed by atoms with Gasteiger partial charge in [0.05, 0.1) is 5.69 Å². The first-order chi connectivity index (χ1) is 9.49. The molecule has 2 aromatic rings. The number of rotatable bonds is 1. The molecule has 1 heterocycles. The number of aromatic nitrogens is 1. The zero-order chi connectivity index (χ0) is 14.4.